The van der Waals surface area contributed by atoms with Crippen LogP contribution in [0, 0.1) is 0 Å². The Labute approximate surface area is 97.2 Å². The van der Waals surface area contributed by atoms with Crippen molar-refractivity contribution in [1.29, 1.82) is 0 Å². The van der Waals surface area contributed by atoms with Crippen molar-refractivity contribution >= 4 is 24.8 Å². The normalized spacial score (nSPS) is 13.0. The van der Waals surface area contributed by atoms with E-state index in [1.54, 1.807) is 0 Å². The zero-order valence-corrected chi connectivity index (χ0v) is 12.5. The molecule has 0 amide bonds. The van der Waals surface area contributed by atoms with E-state index in [1.807, 2.05) is 11.8 Å². The summed E-state index contributed by atoms with van der Waals surface area (Å²) in [5.41, 5.74) is 0. The molecular formula is C12H26AlS-. The van der Waals surface area contributed by atoms with Gasteiger partial charge in [-0.2, -0.15) is 21.1 Å². The highest BCUT2D eigenvalue weighted by molar-refractivity contribution is 8.02. The van der Waals surface area contributed by atoms with Crippen molar-refractivity contribution in [2.24, 2.45) is 0 Å². The van der Waals surface area contributed by atoms with Gasteiger partial charge in [-0.3, -0.25) is 0 Å². The molecule has 0 atom stereocenters. The SMILES string of the molecule is C[CH2][Al-]([CH2]C)([CH2]C)[CH2]/C=C/SC(C)C. The maximum absolute atomic E-state index is 2.44. The molecule has 0 aromatic heterocycles. The van der Waals surface area contributed by atoms with E-state index in [-0.39, 0.29) is 0 Å². The molecule has 14 heavy (non-hydrogen) atoms. The Hall–Kier alpha value is 0.622. The van der Waals surface area contributed by atoms with Crippen molar-refractivity contribution in [1.82, 2.24) is 0 Å². The second kappa shape index (κ2) is 7.86. The van der Waals surface area contributed by atoms with Gasteiger partial charge in [0.1, 0.15) is 13.1 Å². The first kappa shape index (κ1) is 14.6. The summed E-state index contributed by atoms with van der Waals surface area (Å²) in [7, 11) is 0. The Morgan fingerprint density at radius 2 is 1.57 bits per heavy atom. The Balaban J connectivity index is 3.99. The summed E-state index contributed by atoms with van der Waals surface area (Å²) in [5, 5.41) is 8.87. The Kier molecular flexibility index (Phi) is 8.20. The summed E-state index contributed by atoms with van der Waals surface area (Å²) in [4.78, 5) is 0. The number of rotatable bonds is 7. The fourth-order valence-electron chi connectivity index (χ4n) is 1.92. The van der Waals surface area contributed by atoms with Crippen molar-refractivity contribution in [3.05, 3.63) is 11.5 Å². The molecule has 0 unspecified atom stereocenters. The Bertz CT molecular complexity index is 151. The first-order chi connectivity index (χ1) is 6.60. The van der Waals surface area contributed by atoms with Crippen LogP contribution in [-0.4, -0.2) is 18.3 Å². The van der Waals surface area contributed by atoms with E-state index in [2.05, 4.69) is 46.1 Å². The summed E-state index contributed by atoms with van der Waals surface area (Å²) in [6.45, 7) is 11.7. The summed E-state index contributed by atoms with van der Waals surface area (Å²) >= 11 is 0.769. The van der Waals surface area contributed by atoms with Gasteiger partial charge in [0.15, 0.2) is 0 Å². The summed E-state index contributed by atoms with van der Waals surface area (Å²) < 4.78 is 0. The summed E-state index contributed by atoms with van der Waals surface area (Å²) in [6.07, 6.45) is 2.44. The fraction of sp³-hybridized carbons (Fsp3) is 0.833. The quantitative estimate of drug-likeness (QED) is 0.544. The van der Waals surface area contributed by atoms with E-state index in [0.717, 1.165) is 5.25 Å². The van der Waals surface area contributed by atoms with Crippen molar-refractivity contribution in [2.45, 2.75) is 61.0 Å². The third-order valence-electron chi connectivity index (χ3n) is 3.68. The summed E-state index contributed by atoms with van der Waals surface area (Å²) in [6, 6.07) is 0. The standard InChI is InChI=1S/C6H11S.3C2H5.Al/c1-4-5-7-6(2)3;3*1-2;/h4-6H,1H2,2-3H3;3*1H2,2H3;/q;;;;-1/b5-4+;;;;. The molecule has 0 aliphatic rings. The molecule has 0 aromatic carbocycles. The monoisotopic (exact) mass is 229 g/mol. The van der Waals surface area contributed by atoms with Gasteiger partial charge >= 0.3 is 0 Å². The third kappa shape index (κ3) is 5.49. The molecule has 84 valence electrons. The van der Waals surface area contributed by atoms with Gasteiger partial charge in [-0.15, -0.1) is 38.6 Å². The van der Waals surface area contributed by atoms with Gasteiger partial charge in [-0.05, 0) is 5.41 Å². The van der Waals surface area contributed by atoms with Gasteiger partial charge in [0, 0.05) is 5.25 Å². The molecule has 0 N–H and O–H groups in total. The van der Waals surface area contributed by atoms with E-state index >= 15 is 0 Å². The van der Waals surface area contributed by atoms with Crippen LogP contribution in [0.4, 0.5) is 0 Å². The summed E-state index contributed by atoms with van der Waals surface area (Å²) in [5.74, 6) is 0. The smallest absolute Gasteiger partial charge is 0.137 e. The average molecular weight is 229 g/mol. The molecular weight excluding hydrogens is 203 g/mol. The highest BCUT2D eigenvalue weighted by Gasteiger charge is 2.21. The molecule has 0 radical (unpaired) electrons. The van der Waals surface area contributed by atoms with Gasteiger partial charge in [0.2, 0.25) is 0 Å². The number of hydrogen-bond acceptors (Lipinski definition) is 1. The second-order valence-electron chi connectivity index (χ2n) is 4.75. The molecule has 0 saturated heterocycles. The van der Waals surface area contributed by atoms with E-state index in [1.165, 1.54) is 21.1 Å². The first-order valence-corrected chi connectivity index (χ1v) is 10.3. The molecule has 0 fully saturated rings. The van der Waals surface area contributed by atoms with Gasteiger partial charge in [-0.25, -0.2) is 0 Å². The lowest BCUT2D eigenvalue weighted by Crippen LogP contribution is -2.29. The van der Waals surface area contributed by atoms with Crippen LogP contribution >= 0.6 is 11.8 Å². The van der Waals surface area contributed by atoms with E-state index in [9.17, 15) is 0 Å². The van der Waals surface area contributed by atoms with Crippen molar-refractivity contribution < 1.29 is 0 Å². The van der Waals surface area contributed by atoms with E-state index < -0.39 is 13.1 Å². The van der Waals surface area contributed by atoms with Gasteiger partial charge < -0.3 is 0 Å². The number of allylic oxidation sites excluding steroid dienone is 1. The number of hydrogen-bond donors (Lipinski definition) is 0. The lowest BCUT2D eigenvalue weighted by molar-refractivity contribution is 1.12. The molecule has 0 nitrogen and oxygen atoms in total. The maximum Gasteiger partial charge on any atom is 0.137 e. The van der Waals surface area contributed by atoms with Gasteiger partial charge in [-0.1, -0.05) is 13.8 Å². The second-order valence-corrected chi connectivity index (χ2v) is 12.6. The van der Waals surface area contributed by atoms with Crippen molar-refractivity contribution in [3.63, 3.8) is 0 Å². The van der Waals surface area contributed by atoms with Gasteiger partial charge in [0.05, 0.1) is 0 Å². The molecule has 0 rings (SSSR count). The molecule has 0 spiro atoms. The van der Waals surface area contributed by atoms with E-state index in [0.29, 0.717) is 0 Å². The minimum Gasteiger partial charge on any atom is -0.194 e. The maximum atomic E-state index is 2.44. The van der Waals surface area contributed by atoms with Crippen LogP contribution in [-0.2, 0) is 0 Å². The predicted molar refractivity (Wildman–Crippen MR) is 73.9 cm³/mol. The zero-order valence-electron chi connectivity index (χ0n) is 10.5. The van der Waals surface area contributed by atoms with Crippen LogP contribution in [0.2, 0.25) is 21.1 Å². The molecule has 0 aliphatic carbocycles. The Morgan fingerprint density at radius 1 is 1.07 bits per heavy atom. The van der Waals surface area contributed by atoms with Crippen LogP contribution in [0.1, 0.15) is 34.6 Å². The van der Waals surface area contributed by atoms with Crippen LogP contribution in [0.5, 0.6) is 0 Å². The first-order valence-electron chi connectivity index (χ1n) is 6.12. The van der Waals surface area contributed by atoms with Crippen LogP contribution in [0.3, 0.4) is 0 Å². The zero-order chi connectivity index (χ0) is 11.0. The largest absolute Gasteiger partial charge is 0.194 e. The topological polar surface area (TPSA) is 0 Å². The molecule has 2 heteroatoms. The lowest BCUT2D eigenvalue weighted by atomic mass is 10.6. The predicted octanol–water partition coefficient (Wildman–Crippen LogP) is 5.15. The molecule has 0 bridgehead atoms. The van der Waals surface area contributed by atoms with E-state index in [4.69, 9.17) is 0 Å². The number of thioether (sulfide) groups is 1. The van der Waals surface area contributed by atoms with Crippen LogP contribution < -0.4 is 0 Å². The fourth-order valence-corrected chi connectivity index (χ4v) is 6.10. The Morgan fingerprint density at radius 3 is 1.93 bits per heavy atom. The average Bonchev–Trinajstić information content (AvgIpc) is 2.19. The molecule has 0 heterocycles. The molecule has 0 aromatic rings. The highest BCUT2D eigenvalue weighted by atomic mass is 32.2. The highest BCUT2D eigenvalue weighted by Crippen LogP contribution is 2.26. The molecule has 0 saturated carbocycles. The lowest BCUT2D eigenvalue weighted by Gasteiger charge is -2.30. The minimum absolute atomic E-state index is 0.732. The van der Waals surface area contributed by atoms with Gasteiger partial charge in [0.25, 0.3) is 0 Å². The van der Waals surface area contributed by atoms with Crippen molar-refractivity contribution in [3.8, 4) is 0 Å². The van der Waals surface area contributed by atoms with Crippen molar-refractivity contribution in [2.75, 3.05) is 0 Å². The minimum atomic E-state index is -1.18. The third-order valence-corrected chi connectivity index (χ3v) is 11.0. The molecule has 0 aliphatic heterocycles. The van der Waals surface area contributed by atoms with Crippen LogP contribution in [0.25, 0.3) is 0 Å². The van der Waals surface area contributed by atoms with Crippen LogP contribution in [0.15, 0.2) is 11.5 Å².